The minimum atomic E-state index is -0.952. The smallest absolute Gasteiger partial charge is 0.280 e. The molecule has 1 aliphatic rings. The molecule has 1 atom stereocenters. The van der Waals surface area contributed by atoms with Gasteiger partial charge in [0.05, 0.1) is 0 Å². The quantitative estimate of drug-likeness (QED) is 0.608. The van der Waals surface area contributed by atoms with Crippen molar-refractivity contribution in [3.63, 3.8) is 0 Å². The fourth-order valence-corrected chi connectivity index (χ4v) is 4.47. The van der Waals surface area contributed by atoms with Crippen LogP contribution >= 0.6 is 11.5 Å². The van der Waals surface area contributed by atoms with Crippen LogP contribution in [-0.2, 0) is 4.79 Å². The first-order valence-corrected chi connectivity index (χ1v) is 11.4. The molecule has 2 amide bonds. The summed E-state index contributed by atoms with van der Waals surface area (Å²) in [4.78, 5) is 28.6. The average Bonchev–Trinajstić information content (AvgIpc) is 3.44. The fourth-order valence-electron chi connectivity index (χ4n) is 4.04. The van der Waals surface area contributed by atoms with Gasteiger partial charge in [-0.05, 0) is 68.1 Å². The lowest BCUT2D eigenvalue weighted by atomic mass is 9.95. The summed E-state index contributed by atoms with van der Waals surface area (Å²) in [6.07, 6.45) is 5.28. The molecule has 0 spiro atoms. The van der Waals surface area contributed by atoms with Crippen LogP contribution in [-0.4, -0.2) is 27.4 Å². The highest BCUT2D eigenvalue weighted by Gasteiger charge is 2.37. The Morgan fingerprint density at radius 2 is 1.97 bits per heavy atom. The Bertz CT molecular complexity index is 1040. The first kappa shape index (κ1) is 21.2. The van der Waals surface area contributed by atoms with Crippen molar-refractivity contribution in [1.29, 1.82) is 0 Å². The van der Waals surface area contributed by atoms with Crippen LogP contribution in [0, 0.1) is 13.8 Å². The number of furan rings is 1. The second-order valence-corrected chi connectivity index (χ2v) is 8.61. The SMILES string of the molecule is Cc1cccc(N(C(=O)c2csnn2)[C@H](C(=O)NC2CCCCC2)c2ccc(C)o2)c1. The molecule has 8 heteroatoms. The maximum atomic E-state index is 13.6. The molecule has 0 unspecified atom stereocenters. The van der Waals surface area contributed by atoms with Crippen LogP contribution in [0.1, 0.15) is 65.7 Å². The molecule has 1 saturated carbocycles. The summed E-state index contributed by atoms with van der Waals surface area (Å²) < 4.78 is 9.70. The van der Waals surface area contributed by atoms with Crippen LogP contribution in [0.2, 0.25) is 0 Å². The number of aromatic nitrogens is 2. The minimum Gasteiger partial charge on any atom is -0.464 e. The number of nitrogens with one attached hydrogen (secondary N) is 1. The molecule has 1 aliphatic carbocycles. The van der Waals surface area contributed by atoms with Gasteiger partial charge >= 0.3 is 0 Å². The Labute approximate surface area is 185 Å². The van der Waals surface area contributed by atoms with Gasteiger partial charge in [-0.25, -0.2) is 0 Å². The number of benzene rings is 1. The molecule has 1 fully saturated rings. The zero-order valence-corrected chi connectivity index (χ0v) is 18.5. The van der Waals surface area contributed by atoms with Crippen LogP contribution in [0.3, 0.4) is 0 Å². The molecule has 2 heterocycles. The first-order valence-electron chi connectivity index (χ1n) is 10.6. The summed E-state index contributed by atoms with van der Waals surface area (Å²) in [5, 5.41) is 8.71. The molecule has 3 aromatic rings. The Kier molecular flexibility index (Phi) is 6.46. The van der Waals surface area contributed by atoms with E-state index in [4.69, 9.17) is 4.42 Å². The predicted molar refractivity (Wildman–Crippen MR) is 119 cm³/mol. The van der Waals surface area contributed by atoms with Crippen molar-refractivity contribution >= 4 is 29.0 Å². The van der Waals surface area contributed by atoms with E-state index in [0.29, 0.717) is 17.2 Å². The van der Waals surface area contributed by atoms with Gasteiger partial charge in [0.1, 0.15) is 11.5 Å². The molecule has 1 aromatic carbocycles. The molecular formula is C23H26N4O3S. The minimum absolute atomic E-state index is 0.107. The van der Waals surface area contributed by atoms with Crippen LogP contribution < -0.4 is 10.2 Å². The standard InChI is InChI=1S/C23H26N4O3S/c1-15-7-6-10-18(13-15)27(23(29)19-14-31-26-25-19)21(20-12-11-16(2)30-20)22(28)24-17-8-4-3-5-9-17/h6-7,10-14,17,21H,3-5,8-9H2,1-2H3,(H,24,28)/t21-/m0/s1. The van der Waals surface area contributed by atoms with Gasteiger partial charge < -0.3 is 9.73 Å². The third kappa shape index (κ3) is 4.85. The van der Waals surface area contributed by atoms with Crippen molar-refractivity contribution in [1.82, 2.24) is 14.9 Å². The maximum Gasteiger partial charge on any atom is 0.280 e. The summed E-state index contributed by atoms with van der Waals surface area (Å²) >= 11 is 1.10. The summed E-state index contributed by atoms with van der Waals surface area (Å²) in [5.74, 6) is 0.456. The van der Waals surface area contributed by atoms with Crippen molar-refractivity contribution in [2.45, 2.75) is 58.0 Å². The number of aryl methyl sites for hydroxylation is 2. The zero-order chi connectivity index (χ0) is 21.8. The number of nitrogens with zero attached hydrogens (tertiary/aromatic N) is 3. The van der Waals surface area contributed by atoms with Gasteiger partial charge in [-0.1, -0.05) is 35.9 Å². The van der Waals surface area contributed by atoms with E-state index in [2.05, 4.69) is 14.9 Å². The van der Waals surface area contributed by atoms with Gasteiger partial charge in [-0.2, -0.15) is 0 Å². The third-order valence-corrected chi connectivity index (χ3v) is 6.07. The number of anilines is 1. The Morgan fingerprint density at radius 3 is 2.61 bits per heavy atom. The zero-order valence-electron chi connectivity index (χ0n) is 17.7. The molecule has 31 heavy (non-hydrogen) atoms. The molecule has 2 aromatic heterocycles. The van der Waals surface area contributed by atoms with E-state index in [1.165, 1.54) is 11.3 Å². The predicted octanol–water partition coefficient (Wildman–Crippen LogP) is 4.58. The lowest BCUT2D eigenvalue weighted by molar-refractivity contribution is -0.123. The molecule has 0 saturated heterocycles. The molecule has 0 aliphatic heterocycles. The molecule has 0 bridgehead atoms. The summed E-state index contributed by atoms with van der Waals surface area (Å²) in [7, 11) is 0. The van der Waals surface area contributed by atoms with Gasteiger partial charge in [0.15, 0.2) is 11.7 Å². The number of hydrogen-bond acceptors (Lipinski definition) is 6. The van der Waals surface area contributed by atoms with E-state index in [0.717, 1.165) is 42.8 Å². The second kappa shape index (κ2) is 9.43. The third-order valence-electron chi connectivity index (χ3n) is 5.57. The van der Waals surface area contributed by atoms with Crippen molar-refractivity contribution in [3.05, 3.63) is 64.6 Å². The molecule has 0 radical (unpaired) electrons. The Hall–Kier alpha value is -3.00. The topological polar surface area (TPSA) is 88.3 Å². The number of carbonyl (C=O) groups is 2. The Balaban J connectivity index is 1.77. The van der Waals surface area contributed by atoms with Gasteiger partial charge in [0, 0.05) is 17.1 Å². The van der Waals surface area contributed by atoms with Crippen LogP contribution in [0.4, 0.5) is 5.69 Å². The molecule has 4 rings (SSSR count). The maximum absolute atomic E-state index is 13.6. The monoisotopic (exact) mass is 438 g/mol. The van der Waals surface area contributed by atoms with Crippen molar-refractivity contribution in [2.24, 2.45) is 0 Å². The van der Waals surface area contributed by atoms with Gasteiger partial charge in [-0.3, -0.25) is 14.5 Å². The number of amides is 2. The van der Waals surface area contributed by atoms with Crippen LogP contribution in [0.5, 0.6) is 0 Å². The van der Waals surface area contributed by atoms with E-state index >= 15 is 0 Å². The number of hydrogen-bond donors (Lipinski definition) is 1. The van der Waals surface area contributed by atoms with E-state index in [1.807, 2.05) is 38.1 Å². The Morgan fingerprint density at radius 1 is 1.16 bits per heavy atom. The molecule has 162 valence electrons. The number of rotatable bonds is 6. The summed E-state index contributed by atoms with van der Waals surface area (Å²) in [5.41, 5.74) is 1.79. The lowest BCUT2D eigenvalue weighted by Crippen LogP contribution is -2.47. The first-order chi connectivity index (χ1) is 15.0. The number of carbonyl (C=O) groups excluding carboxylic acids is 2. The van der Waals surface area contributed by atoms with Crippen LogP contribution in [0.25, 0.3) is 0 Å². The highest BCUT2D eigenvalue weighted by atomic mass is 32.1. The fraction of sp³-hybridized carbons (Fsp3) is 0.391. The van der Waals surface area contributed by atoms with Gasteiger partial charge in [0.25, 0.3) is 11.8 Å². The largest absolute Gasteiger partial charge is 0.464 e. The highest BCUT2D eigenvalue weighted by Crippen LogP contribution is 2.32. The van der Waals surface area contributed by atoms with E-state index in [1.54, 1.807) is 17.5 Å². The van der Waals surface area contributed by atoms with Gasteiger partial charge in [0.2, 0.25) is 0 Å². The van der Waals surface area contributed by atoms with Crippen LogP contribution in [0.15, 0.2) is 46.2 Å². The summed E-state index contributed by atoms with van der Waals surface area (Å²) in [6, 6.07) is 10.2. The average molecular weight is 439 g/mol. The summed E-state index contributed by atoms with van der Waals surface area (Å²) in [6.45, 7) is 3.77. The molecular weight excluding hydrogens is 412 g/mol. The van der Waals surface area contributed by atoms with E-state index in [-0.39, 0.29) is 17.6 Å². The van der Waals surface area contributed by atoms with Crippen molar-refractivity contribution in [3.8, 4) is 0 Å². The van der Waals surface area contributed by atoms with E-state index in [9.17, 15) is 9.59 Å². The van der Waals surface area contributed by atoms with Crippen molar-refractivity contribution < 1.29 is 14.0 Å². The molecule has 7 nitrogen and oxygen atoms in total. The van der Waals surface area contributed by atoms with Gasteiger partial charge in [-0.15, -0.1) is 5.10 Å². The highest BCUT2D eigenvalue weighted by molar-refractivity contribution is 7.03. The normalized spacial score (nSPS) is 15.4. The lowest BCUT2D eigenvalue weighted by Gasteiger charge is -2.31. The van der Waals surface area contributed by atoms with E-state index < -0.39 is 11.9 Å². The van der Waals surface area contributed by atoms with Crippen molar-refractivity contribution in [2.75, 3.05) is 4.90 Å². The molecule has 1 N–H and O–H groups in total. The second-order valence-electron chi connectivity index (χ2n) is 8.00.